The largest absolute Gasteiger partial charge is 0.416 e. The quantitative estimate of drug-likeness (QED) is 0.816. The molecule has 1 N–H and O–H groups in total. The summed E-state index contributed by atoms with van der Waals surface area (Å²) in [7, 11) is 0. The van der Waals surface area contributed by atoms with Crippen LogP contribution in [0.3, 0.4) is 0 Å². The van der Waals surface area contributed by atoms with Gasteiger partial charge in [0.2, 0.25) is 0 Å². The van der Waals surface area contributed by atoms with Crippen molar-refractivity contribution in [3.8, 4) is 0 Å². The van der Waals surface area contributed by atoms with Crippen LogP contribution in [0.1, 0.15) is 22.8 Å². The van der Waals surface area contributed by atoms with Crippen molar-refractivity contribution in [2.45, 2.75) is 12.3 Å². The average Bonchev–Trinajstić information content (AvgIpc) is 2.37. The predicted octanol–water partition coefficient (Wildman–Crippen LogP) is 5.09. The molecule has 0 aliphatic carbocycles. The summed E-state index contributed by atoms with van der Waals surface area (Å²) in [6.45, 7) is 0. The lowest BCUT2D eigenvalue weighted by Gasteiger charge is -2.16. The molecule has 1 unspecified atom stereocenters. The minimum atomic E-state index is -4.47. The number of aliphatic hydroxyl groups is 1. The molecule has 1 nitrogen and oxygen atoms in total. The average molecular weight is 321 g/mol. The Morgan fingerprint density at radius 3 is 2.05 bits per heavy atom. The second-order valence-corrected chi connectivity index (χ2v) is 4.98. The molecule has 0 fully saturated rings. The highest BCUT2D eigenvalue weighted by Crippen LogP contribution is 2.36. The van der Waals surface area contributed by atoms with Crippen LogP contribution in [-0.2, 0) is 6.18 Å². The second kappa shape index (κ2) is 5.64. The van der Waals surface area contributed by atoms with Gasteiger partial charge in [-0.05, 0) is 29.8 Å². The second-order valence-electron chi connectivity index (χ2n) is 4.16. The number of benzene rings is 2. The first-order chi connectivity index (χ1) is 9.30. The lowest BCUT2D eigenvalue weighted by atomic mass is 9.99. The molecule has 0 amide bonds. The number of alkyl halides is 3. The summed E-state index contributed by atoms with van der Waals surface area (Å²) >= 11 is 11.9. The summed E-state index contributed by atoms with van der Waals surface area (Å²) < 4.78 is 38.0. The van der Waals surface area contributed by atoms with Gasteiger partial charge >= 0.3 is 6.18 Å². The van der Waals surface area contributed by atoms with E-state index in [4.69, 9.17) is 23.2 Å². The zero-order chi connectivity index (χ0) is 14.9. The smallest absolute Gasteiger partial charge is 0.384 e. The normalized spacial score (nSPS) is 13.3. The SMILES string of the molecule is OC(c1cccc(C(F)(F)F)c1)c1c(Cl)cccc1Cl. The Kier molecular flexibility index (Phi) is 4.28. The Morgan fingerprint density at radius 1 is 0.950 bits per heavy atom. The monoisotopic (exact) mass is 320 g/mol. The Bertz CT molecular complexity index is 606. The van der Waals surface area contributed by atoms with E-state index in [2.05, 4.69) is 0 Å². The first kappa shape index (κ1) is 15.2. The third-order valence-corrected chi connectivity index (χ3v) is 3.46. The fraction of sp³-hybridized carbons (Fsp3) is 0.143. The molecule has 0 saturated carbocycles. The molecule has 2 rings (SSSR count). The van der Waals surface area contributed by atoms with E-state index >= 15 is 0 Å². The van der Waals surface area contributed by atoms with Crippen LogP contribution >= 0.6 is 23.2 Å². The molecule has 0 spiro atoms. The molecule has 0 bridgehead atoms. The Balaban J connectivity index is 2.46. The van der Waals surface area contributed by atoms with E-state index in [1.165, 1.54) is 24.3 Å². The molecule has 0 aliphatic rings. The number of hydrogen-bond donors (Lipinski definition) is 1. The molecule has 20 heavy (non-hydrogen) atoms. The highest BCUT2D eigenvalue weighted by molar-refractivity contribution is 6.36. The molecule has 1 atom stereocenters. The van der Waals surface area contributed by atoms with Gasteiger partial charge in [-0.1, -0.05) is 41.4 Å². The number of halogens is 5. The Labute approximate surface area is 123 Å². The van der Waals surface area contributed by atoms with Gasteiger partial charge < -0.3 is 5.11 Å². The van der Waals surface area contributed by atoms with Gasteiger partial charge in [-0.2, -0.15) is 13.2 Å². The topological polar surface area (TPSA) is 20.2 Å². The van der Waals surface area contributed by atoms with Gasteiger partial charge in [0.05, 0.1) is 5.56 Å². The van der Waals surface area contributed by atoms with Crippen molar-refractivity contribution in [3.63, 3.8) is 0 Å². The summed E-state index contributed by atoms with van der Waals surface area (Å²) in [4.78, 5) is 0. The van der Waals surface area contributed by atoms with E-state index in [-0.39, 0.29) is 21.2 Å². The molecule has 106 valence electrons. The van der Waals surface area contributed by atoms with E-state index in [1.807, 2.05) is 0 Å². The van der Waals surface area contributed by atoms with Crippen LogP contribution in [0.15, 0.2) is 42.5 Å². The summed E-state index contributed by atoms with van der Waals surface area (Å²) in [6, 6.07) is 9.05. The van der Waals surface area contributed by atoms with E-state index in [1.54, 1.807) is 6.07 Å². The summed E-state index contributed by atoms with van der Waals surface area (Å²) in [5, 5.41) is 10.6. The summed E-state index contributed by atoms with van der Waals surface area (Å²) in [5.41, 5.74) is -0.567. The maximum absolute atomic E-state index is 12.7. The molecular weight excluding hydrogens is 312 g/mol. The first-order valence-electron chi connectivity index (χ1n) is 5.60. The van der Waals surface area contributed by atoms with Gasteiger partial charge in [0.25, 0.3) is 0 Å². The van der Waals surface area contributed by atoms with Crippen molar-refractivity contribution in [2.75, 3.05) is 0 Å². The highest BCUT2D eigenvalue weighted by atomic mass is 35.5. The molecule has 0 heterocycles. The molecule has 0 saturated heterocycles. The maximum Gasteiger partial charge on any atom is 0.416 e. The first-order valence-corrected chi connectivity index (χ1v) is 6.35. The molecule has 6 heteroatoms. The third-order valence-electron chi connectivity index (χ3n) is 2.80. The van der Waals surface area contributed by atoms with Crippen LogP contribution in [0, 0.1) is 0 Å². The van der Waals surface area contributed by atoms with Crippen molar-refractivity contribution < 1.29 is 18.3 Å². The number of aliphatic hydroxyl groups excluding tert-OH is 1. The van der Waals surface area contributed by atoms with Gasteiger partial charge in [-0.25, -0.2) is 0 Å². The van der Waals surface area contributed by atoms with E-state index in [9.17, 15) is 18.3 Å². The van der Waals surface area contributed by atoms with Crippen molar-refractivity contribution in [1.82, 2.24) is 0 Å². The Morgan fingerprint density at radius 2 is 1.50 bits per heavy atom. The van der Waals surface area contributed by atoms with Crippen LogP contribution in [0.2, 0.25) is 10.0 Å². The lowest BCUT2D eigenvalue weighted by molar-refractivity contribution is -0.137. The maximum atomic E-state index is 12.7. The molecule has 2 aromatic carbocycles. The summed E-state index contributed by atoms with van der Waals surface area (Å²) in [6.07, 6.45) is -5.79. The van der Waals surface area contributed by atoms with E-state index in [0.29, 0.717) is 0 Å². The lowest BCUT2D eigenvalue weighted by Crippen LogP contribution is -2.08. The highest BCUT2D eigenvalue weighted by Gasteiger charge is 2.31. The van der Waals surface area contributed by atoms with Crippen LogP contribution in [-0.4, -0.2) is 5.11 Å². The van der Waals surface area contributed by atoms with Crippen molar-refractivity contribution in [2.24, 2.45) is 0 Å². The van der Waals surface area contributed by atoms with Crippen LogP contribution < -0.4 is 0 Å². The minimum Gasteiger partial charge on any atom is -0.384 e. The van der Waals surface area contributed by atoms with Crippen LogP contribution in [0.4, 0.5) is 13.2 Å². The van der Waals surface area contributed by atoms with Crippen LogP contribution in [0.25, 0.3) is 0 Å². The molecule has 0 radical (unpaired) electrons. The number of rotatable bonds is 2. The van der Waals surface area contributed by atoms with Gasteiger partial charge in [-0.15, -0.1) is 0 Å². The van der Waals surface area contributed by atoms with Gasteiger partial charge in [0.1, 0.15) is 6.10 Å². The fourth-order valence-electron chi connectivity index (χ4n) is 1.82. The fourth-order valence-corrected chi connectivity index (χ4v) is 2.43. The number of hydrogen-bond acceptors (Lipinski definition) is 1. The van der Waals surface area contributed by atoms with Gasteiger partial charge in [-0.3, -0.25) is 0 Å². The zero-order valence-corrected chi connectivity index (χ0v) is 11.5. The van der Waals surface area contributed by atoms with Crippen molar-refractivity contribution >= 4 is 23.2 Å². The van der Waals surface area contributed by atoms with Crippen molar-refractivity contribution in [1.29, 1.82) is 0 Å². The molecule has 0 aromatic heterocycles. The van der Waals surface area contributed by atoms with Gasteiger partial charge in [0.15, 0.2) is 0 Å². The Hall–Kier alpha value is -1.23. The third kappa shape index (κ3) is 3.08. The van der Waals surface area contributed by atoms with E-state index in [0.717, 1.165) is 12.1 Å². The summed E-state index contributed by atoms with van der Waals surface area (Å²) in [5.74, 6) is 0. The predicted molar refractivity (Wildman–Crippen MR) is 72.0 cm³/mol. The van der Waals surface area contributed by atoms with Crippen molar-refractivity contribution in [3.05, 3.63) is 69.2 Å². The zero-order valence-electron chi connectivity index (χ0n) is 9.96. The molecular formula is C14H9Cl2F3O. The van der Waals surface area contributed by atoms with Crippen LogP contribution in [0.5, 0.6) is 0 Å². The van der Waals surface area contributed by atoms with E-state index < -0.39 is 17.8 Å². The minimum absolute atomic E-state index is 0.0785. The molecule has 0 aliphatic heterocycles. The molecule has 2 aromatic rings. The standard InChI is InChI=1S/C14H9Cl2F3O/c15-10-5-2-6-11(16)12(10)13(20)8-3-1-4-9(7-8)14(17,18)19/h1-7,13,20H. The van der Waals surface area contributed by atoms with Gasteiger partial charge in [0, 0.05) is 15.6 Å².